The molecule has 1 heterocycles. The van der Waals surface area contributed by atoms with E-state index in [1.807, 2.05) is 47.9 Å². The molecule has 1 amide bonds. The largest absolute Gasteiger partial charge is 0.497 e. The second kappa shape index (κ2) is 7.64. The quantitative estimate of drug-likeness (QED) is 0.818. The van der Waals surface area contributed by atoms with E-state index in [2.05, 4.69) is 12.2 Å². The first kappa shape index (κ1) is 15.3. The predicted octanol–water partition coefficient (Wildman–Crippen LogP) is 4.04. The summed E-state index contributed by atoms with van der Waals surface area (Å²) in [5.41, 5.74) is 1.08. The van der Waals surface area contributed by atoms with Crippen LogP contribution in [0.2, 0.25) is 0 Å². The summed E-state index contributed by atoms with van der Waals surface area (Å²) in [5, 5.41) is 5.01. The lowest BCUT2D eigenvalue weighted by Crippen LogP contribution is -2.26. The maximum absolute atomic E-state index is 12.0. The van der Waals surface area contributed by atoms with Gasteiger partial charge in [0.05, 0.1) is 13.2 Å². The molecule has 1 atom stereocenters. The Morgan fingerprint density at radius 2 is 2.10 bits per heavy atom. The molecule has 0 fully saturated rings. The van der Waals surface area contributed by atoms with Gasteiger partial charge >= 0.3 is 0 Å². The molecule has 1 aromatic carbocycles. The van der Waals surface area contributed by atoms with Crippen LogP contribution in [-0.2, 0) is 4.79 Å². The van der Waals surface area contributed by atoms with E-state index in [1.165, 1.54) is 0 Å². The fourth-order valence-electron chi connectivity index (χ4n) is 2.02. The van der Waals surface area contributed by atoms with Gasteiger partial charge in [-0.2, -0.15) is 0 Å². The van der Waals surface area contributed by atoms with Gasteiger partial charge in [-0.3, -0.25) is 4.79 Å². The molecule has 0 aliphatic rings. The Morgan fingerprint density at radius 3 is 2.67 bits per heavy atom. The number of methoxy groups -OCH3 is 1. The molecule has 0 spiro atoms. The van der Waals surface area contributed by atoms with Crippen LogP contribution in [0.4, 0.5) is 0 Å². The van der Waals surface area contributed by atoms with Crippen LogP contribution in [0.25, 0.3) is 6.08 Å². The molecular formula is C17H19NO2S. The van der Waals surface area contributed by atoms with E-state index in [9.17, 15) is 4.79 Å². The number of ether oxygens (including phenoxy) is 1. The number of amides is 1. The maximum atomic E-state index is 12.0. The Labute approximate surface area is 129 Å². The summed E-state index contributed by atoms with van der Waals surface area (Å²) in [7, 11) is 1.64. The van der Waals surface area contributed by atoms with Crippen LogP contribution >= 0.6 is 11.3 Å². The lowest BCUT2D eigenvalue weighted by atomic mass is 10.0. The van der Waals surface area contributed by atoms with Gasteiger partial charge in [0.15, 0.2) is 0 Å². The van der Waals surface area contributed by atoms with E-state index in [0.29, 0.717) is 0 Å². The number of thiophene rings is 1. The van der Waals surface area contributed by atoms with E-state index in [0.717, 1.165) is 22.6 Å². The molecule has 0 saturated heterocycles. The molecule has 1 aromatic heterocycles. The minimum Gasteiger partial charge on any atom is -0.497 e. The summed E-state index contributed by atoms with van der Waals surface area (Å²) in [5.74, 6) is 0.739. The van der Waals surface area contributed by atoms with E-state index in [4.69, 9.17) is 4.74 Å². The van der Waals surface area contributed by atoms with Gasteiger partial charge < -0.3 is 10.1 Å². The minimum absolute atomic E-state index is 0.0105. The summed E-state index contributed by atoms with van der Waals surface area (Å²) in [4.78, 5) is 13.1. The summed E-state index contributed by atoms with van der Waals surface area (Å²) < 4.78 is 5.15. The van der Waals surface area contributed by atoms with Crippen molar-refractivity contribution in [1.82, 2.24) is 5.32 Å². The van der Waals surface area contributed by atoms with Crippen molar-refractivity contribution in [2.75, 3.05) is 7.11 Å². The minimum atomic E-state index is -0.0777. The van der Waals surface area contributed by atoms with Gasteiger partial charge in [0.1, 0.15) is 5.75 Å². The average Bonchev–Trinajstić information content (AvgIpc) is 3.04. The number of benzene rings is 1. The molecule has 2 aromatic rings. The van der Waals surface area contributed by atoms with Gasteiger partial charge in [-0.15, -0.1) is 11.3 Å². The molecule has 0 aliphatic carbocycles. The first-order chi connectivity index (χ1) is 10.2. The highest BCUT2D eigenvalue weighted by molar-refractivity contribution is 7.10. The number of carbonyl (C=O) groups is 1. The zero-order valence-corrected chi connectivity index (χ0v) is 13.0. The van der Waals surface area contributed by atoms with Gasteiger partial charge in [-0.05, 0) is 41.6 Å². The zero-order valence-electron chi connectivity index (χ0n) is 12.2. The van der Waals surface area contributed by atoms with E-state index < -0.39 is 0 Å². The molecule has 0 radical (unpaired) electrons. The van der Waals surface area contributed by atoms with E-state index in [-0.39, 0.29) is 11.9 Å². The third-order valence-electron chi connectivity index (χ3n) is 3.19. The predicted molar refractivity (Wildman–Crippen MR) is 87.5 cm³/mol. The van der Waals surface area contributed by atoms with Crippen LogP contribution in [0.1, 0.15) is 29.8 Å². The summed E-state index contributed by atoms with van der Waals surface area (Å²) in [6.07, 6.45) is 4.25. The highest BCUT2D eigenvalue weighted by atomic mass is 32.1. The second-order valence-electron chi connectivity index (χ2n) is 4.59. The van der Waals surface area contributed by atoms with Crippen LogP contribution in [-0.4, -0.2) is 13.0 Å². The van der Waals surface area contributed by atoms with Gasteiger partial charge in [0, 0.05) is 11.0 Å². The standard InChI is InChI=1S/C17H19NO2S/c1-3-16(13-6-8-14(20-2)9-7-13)18-17(19)11-10-15-5-4-12-21-15/h4-12,16H,3H2,1-2H3,(H,18,19)/b11-10+. The molecule has 21 heavy (non-hydrogen) atoms. The highest BCUT2D eigenvalue weighted by Crippen LogP contribution is 2.20. The van der Waals surface area contributed by atoms with Crippen molar-refractivity contribution in [2.45, 2.75) is 19.4 Å². The smallest absolute Gasteiger partial charge is 0.244 e. The Hall–Kier alpha value is -2.07. The molecule has 0 bridgehead atoms. The molecule has 0 saturated carbocycles. The number of rotatable bonds is 6. The Morgan fingerprint density at radius 1 is 1.33 bits per heavy atom. The topological polar surface area (TPSA) is 38.3 Å². The van der Waals surface area contributed by atoms with Crippen molar-refractivity contribution >= 4 is 23.3 Å². The van der Waals surface area contributed by atoms with Crippen molar-refractivity contribution in [1.29, 1.82) is 0 Å². The zero-order chi connectivity index (χ0) is 15.1. The number of hydrogen-bond donors (Lipinski definition) is 1. The fourth-order valence-corrected chi connectivity index (χ4v) is 2.64. The van der Waals surface area contributed by atoms with Crippen molar-refractivity contribution < 1.29 is 9.53 Å². The molecule has 2 rings (SSSR count). The Kier molecular flexibility index (Phi) is 5.58. The number of carbonyl (C=O) groups excluding carboxylic acids is 1. The SMILES string of the molecule is CCC(NC(=O)/C=C/c1cccs1)c1ccc(OC)cc1. The van der Waals surface area contributed by atoms with Crippen LogP contribution in [0.5, 0.6) is 5.75 Å². The van der Waals surface area contributed by atoms with Crippen molar-refractivity contribution in [3.8, 4) is 5.75 Å². The van der Waals surface area contributed by atoms with Crippen molar-refractivity contribution in [2.24, 2.45) is 0 Å². The first-order valence-corrected chi connectivity index (χ1v) is 7.77. The average molecular weight is 301 g/mol. The Bertz CT molecular complexity index is 588. The highest BCUT2D eigenvalue weighted by Gasteiger charge is 2.11. The summed E-state index contributed by atoms with van der Waals surface area (Å²) in [6, 6.07) is 11.7. The van der Waals surface area contributed by atoms with Crippen LogP contribution in [0, 0.1) is 0 Å². The Balaban J connectivity index is 1.99. The summed E-state index contributed by atoms with van der Waals surface area (Å²) in [6.45, 7) is 2.05. The lowest BCUT2D eigenvalue weighted by Gasteiger charge is -2.16. The monoisotopic (exact) mass is 301 g/mol. The molecular weight excluding hydrogens is 282 g/mol. The summed E-state index contributed by atoms with van der Waals surface area (Å²) >= 11 is 1.61. The number of nitrogens with one attached hydrogen (secondary N) is 1. The van der Waals surface area contributed by atoms with Crippen LogP contribution < -0.4 is 10.1 Å². The molecule has 110 valence electrons. The molecule has 3 nitrogen and oxygen atoms in total. The molecule has 1 unspecified atom stereocenters. The van der Waals surface area contributed by atoms with Gasteiger partial charge in [-0.1, -0.05) is 25.1 Å². The van der Waals surface area contributed by atoms with E-state index in [1.54, 1.807) is 24.5 Å². The first-order valence-electron chi connectivity index (χ1n) is 6.89. The molecule has 1 N–H and O–H groups in total. The molecule has 4 heteroatoms. The van der Waals surface area contributed by atoms with E-state index >= 15 is 0 Å². The second-order valence-corrected chi connectivity index (χ2v) is 5.57. The number of hydrogen-bond acceptors (Lipinski definition) is 3. The third-order valence-corrected chi connectivity index (χ3v) is 4.02. The van der Waals surface area contributed by atoms with Gasteiger partial charge in [0.25, 0.3) is 0 Å². The molecule has 0 aliphatic heterocycles. The van der Waals surface area contributed by atoms with Crippen molar-refractivity contribution in [3.63, 3.8) is 0 Å². The van der Waals surface area contributed by atoms with Gasteiger partial charge in [-0.25, -0.2) is 0 Å². The van der Waals surface area contributed by atoms with Crippen LogP contribution in [0.3, 0.4) is 0 Å². The fraction of sp³-hybridized carbons (Fsp3) is 0.235. The van der Waals surface area contributed by atoms with Gasteiger partial charge in [0.2, 0.25) is 5.91 Å². The third kappa shape index (κ3) is 4.46. The van der Waals surface area contributed by atoms with Crippen LogP contribution in [0.15, 0.2) is 47.9 Å². The maximum Gasteiger partial charge on any atom is 0.244 e. The van der Waals surface area contributed by atoms with Crippen molar-refractivity contribution in [3.05, 3.63) is 58.3 Å². The lowest BCUT2D eigenvalue weighted by molar-refractivity contribution is -0.117. The normalized spacial score (nSPS) is 12.3.